The molecule has 0 saturated heterocycles. The lowest BCUT2D eigenvalue weighted by atomic mass is 9.95. The van der Waals surface area contributed by atoms with Gasteiger partial charge in [0.15, 0.2) is 0 Å². The molecular weight excluding hydrogens is 276 g/mol. The zero-order valence-corrected chi connectivity index (χ0v) is 12.7. The van der Waals surface area contributed by atoms with E-state index in [1.165, 1.54) is 17.0 Å². The fourth-order valence-electron chi connectivity index (χ4n) is 1.98. The molecule has 0 amide bonds. The van der Waals surface area contributed by atoms with Crippen LogP contribution in [0.25, 0.3) is 0 Å². The molecule has 1 heterocycles. The molecule has 108 valence electrons. The molecule has 0 bridgehead atoms. The van der Waals surface area contributed by atoms with Gasteiger partial charge in [-0.15, -0.1) is 11.3 Å². The maximum Gasteiger partial charge on any atom is 0.129 e. The minimum atomic E-state index is -0.564. The summed E-state index contributed by atoms with van der Waals surface area (Å²) in [6, 6.07) is 7.43. The van der Waals surface area contributed by atoms with Crippen molar-refractivity contribution in [3.05, 3.63) is 57.3 Å². The van der Waals surface area contributed by atoms with Crippen molar-refractivity contribution in [1.29, 1.82) is 0 Å². The van der Waals surface area contributed by atoms with E-state index < -0.39 is 11.6 Å². The van der Waals surface area contributed by atoms with Crippen LogP contribution in [0.1, 0.15) is 42.1 Å². The van der Waals surface area contributed by atoms with E-state index in [2.05, 4.69) is 26.8 Å². The second kappa shape index (κ2) is 5.62. The van der Waals surface area contributed by atoms with Crippen LogP contribution in [0.3, 0.4) is 0 Å². The molecule has 0 aliphatic rings. The Bertz CT molecular complexity index is 599. The smallest absolute Gasteiger partial charge is 0.129 e. The number of hydrogen-bond acceptors (Lipinski definition) is 2. The van der Waals surface area contributed by atoms with E-state index in [1.807, 2.05) is 6.07 Å². The molecule has 4 heteroatoms. The van der Waals surface area contributed by atoms with Crippen LogP contribution in [0.5, 0.6) is 0 Å². The van der Waals surface area contributed by atoms with Gasteiger partial charge >= 0.3 is 0 Å². The van der Waals surface area contributed by atoms with Crippen molar-refractivity contribution in [2.45, 2.75) is 38.6 Å². The normalized spacial score (nSPS) is 13.5. The van der Waals surface area contributed by atoms with E-state index >= 15 is 0 Å². The summed E-state index contributed by atoms with van der Waals surface area (Å²) in [7, 11) is 0. The first-order valence-corrected chi connectivity index (χ1v) is 7.39. The van der Waals surface area contributed by atoms with E-state index in [1.54, 1.807) is 11.3 Å². The highest BCUT2D eigenvalue weighted by Crippen LogP contribution is 2.32. The van der Waals surface area contributed by atoms with Crippen molar-refractivity contribution in [3.63, 3.8) is 0 Å². The lowest BCUT2D eigenvalue weighted by Crippen LogP contribution is -2.13. The molecule has 2 N–H and O–H groups in total. The van der Waals surface area contributed by atoms with Crippen molar-refractivity contribution in [3.8, 4) is 0 Å². The van der Waals surface area contributed by atoms with Gasteiger partial charge in [0.2, 0.25) is 0 Å². The molecule has 2 aromatic rings. The van der Waals surface area contributed by atoms with Crippen molar-refractivity contribution < 1.29 is 8.78 Å². The number of benzene rings is 1. The summed E-state index contributed by atoms with van der Waals surface area (Å²) < 4.78 is 26.5. The topological polar surface area (TPSA) is 26.0 Å². The van der Waals surface area contributed by atoms with Crippen molar-refractivity contribution >= 4 is 11.3 Å². The summed E-state index contributed by atoms with van der Waals surface area (Å²) in [6.07, 6.45) is 0.371. The maximum atomic E-state index is 13.6. The first-order chi connectivity index (χ1) is 9.27. The maximum absolute atomic E-state index is 13.6. The first kappa shape index (κ1) is 15.1. The zero-order chi connectivity index (χ0) is 14.9. The standard InChI is InChI=1S/C16H19F2NS/c1-16(2,3)15-7-6-14(20-15)13(19)8-10-4-5-11(17)9-12(10)18/h4-7,9,13H,8,19H2,1-3H3. The third-order valence-electron chi connectivity index (χ3n) is 3.19. The molecule has 0 radical (unpaired) electrons. The number of rotatable bonds is 3. The van der Waals surface area contributed by atoms with Crippen molar-refractivity contribution in [2.75, 3.05) is 0 Å². The van der Waals surface area contributed by atoms with Crippen LogP contribution in [0.15, 0.2) is 30.3 Å². The Morgan fingerprint density at radius 1 is 1.15 bits per heavy atom. The van der Waals surface area contributed by atoms with E-state index in [0.29, 0.717) is 12.0 Å². The van der Waals surface area contributed by atoms with Gasteiger partial charge in [0, 0.05) is 21.9 Å². The molecule has 0 aliphatic heterocycles. The SMILES string of the molecule is CC(C)(C)c1ccc(C(N)Cc2ccc(F)cc2F)s1. The largest absolute Gasteiger partial charge is 0.323 e. The molecule has 0 saturated carbocycles. The molecule has 1 nitrogen and oxygen atoms in total. The molecule has 1 aromatic heterocycles. The Balaban J connectivity index is 2.16. The Hall–Kier alpha value is -1.26. The highest BCUT2D eigenvalue weighted by molar-refractivity contribution is 7.12. The predicted molar refractivity (Wildman–Crippen MR) is 80.0 cm³/mol. The van der Waals surface area contributed by atoms with Gasteiger partial charge in [0.05, 0.1) is 0 Å². The zero-order valence-electron chi connectivity index (χ0n) is 11.9. The average molecular weight is 295 g/mol. The molecule has 2 rings (SSSR count). The van der Waals surface area contributed by atoms with E-state index in [0.717, 1.165) is 10.9 Å². The van der Waals surface area contributed by atoms with Gasteiger partial charge in [-0.25, -0.2) is 8.78 Å². The minimum Gasteiger partial charge on any atom is -0.323 e. The van der Waals surface area contributed by atoms with Crippen LogP contribution in [0.4, 0.5) is 8.78 Å². The summed E-state index contributed by atoms with van der Waals surface area (Å²) in [6.45, 7) is 6.44. The Morgan fingerprint density at radius 3 is 2.40 bits per heavy atom. The molecular formula is C16H19F2NS. The van der Waals surface area contributed by atoms with Crippen molar-refractivity contribution in [1.82, 2.24) is 0 Å². The van der Waals surface area contributed by atoms with E-state index in [4.69, 9.17) is 5.73 Å². The van der Waals surface area contributed by atoms with Gasteiger partial charge < -0.3 is 5.73 Å². The third-order valence-corrected chi connectivity index (χ3v) is 4.83. The summed E-state index contributed by atoms with van der Waals surface area (Å²) in [5.41, 5.74) is 6.68. The van der Waals surface area contributed by atoms with Crippen LogP contribution in [0, 0.1) is 11.6 Å². The minimum absolute atomic E-state index is 0.0871. The second-order valence-electron chi connectivity index (χ2n) is 6.00. The average Bonchev–Trinajstić information content (AvgIpc) is 2.82. The van der Waals surface area contributed by atoms with Crippen LogP contribution < -0.4 is 5.73 Å². The third kappa shape index (κ3) is 3.44. The van der Waals surface area contributed by atoms with Gasteiger partial charge in [-0.05, 0) is 35.6 Å². The highest BCUT2D eigenvalue weighted by atomic mass is 32.1. The van der Waals surface area contributed by atoms with Gasteiger partial charge in [-0.3, -0.25) is 0 Å². The number of hydrogen-bond donors (Lipinski definition) is 1. The van der Waals surface area contributed by atoms with Gasteiger partial charge in [-0.2, -0.15) is 0 Å². The molecule has 0 fully saturated rings. The van der Waals surface area contributed by atoms with Crippen LogP contribution >= 0.6 is 11.3 Å². The molecule has 0 aliphatic carbocycles. The fraction of sp³-hybridized carbons (Fsp3) is 0.375. The predicted octanol–water partition coefficient (Wildman–Crippen LogP) is 4.57. The van der Waals surface area contributed by atoms with Gasteiger partial charge in [0.1, 0.15) is 11.6 Å². The molecule has 1 atom stereocenters. The first-order valence-electron chi connectivity index (χ1n) is 6.57. The number of nitrogens with two attached hydrogens (primary N) is 1. The van der Waals surface area contributed by atoms with Gasteiger partial charge in [-0.1, -0.05) is 26.8 Å². The van der Waals surface area contributed by atoms with Gasteiger partial charge in [0.25, 0.3) is 0 Å². The Labute approximate surface area is 122 Å². The van der Waals surface area contributed by atoms with E-state index in [-0.39, 0.29) is 11.5 Å². The van der Waals surface area contributed by atoms with Crippen LogP contribution in [-0.4, -0.2) is 0 Å². The highest BCUT2D eigenvalue weighted by Gasteiger charge is 2.19. The fourth-order valence-corrected chi connectivity index (χ4v) is 3.05. The quantitative estimate of drug-likeness (QED) is 0.882. The van der Waals surface area contributed by atoms with Crippen molar-refractivity contribution in [2.24, 2.45) is 5.73 Å². The second-order valence-corrected chi connectivity index (χ2v) is 7.11. The van der Waals surface area contributed by atoms with E-state index in [9.17, 15) is 8.78 Å². The summed E-state index contributed by atoms with van der Waals surface area (Å²) in [5, 5.41) is 0. The molecule has 1 aromatic carbocycles. The summed E-state index contributed by atoms with van der Waals surface area (Å²) in [4.78, 5) is 2.28. The Kier molecular flexibility index (Phi) is 4.25. The summed E-state index contributed by atoms with van der Waals surface area (Å²) in [5.74, 6) is -1.10. The number of thiophene rings is 1. The van der Waals surface area contributed by atoms with Crippen LogP contribution in [0.2, 0.25) is 0 Å². The lowest BCUT2D eigenvalue weighted by molar-refractivity contribution is 0.564. The lowest BCUT2D eigenvalue weighted by Gasteiger charge is -2.16. The Morgan fingerprint density at radius 2 is 1.85 bits per heavy atom. The van der Waals surface area contributed by atoms with Crippen LogP contribution in [-0.2, 0) is 11.8 Å². The molecule has 1 unspecified atom stereocenters. The monoisotopic (exact) mass is 295 g/mol. The summed E-state index contributed by atoms with van der Waals surface area (Å²) >= 11 is 1.65. The molecule has 0 spiro atoms. The number of halogens is 2. The molecule has 20 heavy (non-hydrogen) atoms.